The predicted molar refractivity (Wildman–Crippen MR) is 108 cm³/mol. The Morgan fingerprint density at radius 3 is 2.70 bits per heavy atom. The van der Waals surface area contributed by atoms with Crippen LogP contribution >= 0.6 is 23.2 Å². The van der Waals surface area contributed by atoms with Crippen LogP contribution in [0.3, 0.4) is 0 Å². The van der Waals surface area contributed by atoms with Gasteiger partial charge in [-0.15, -0.1) is 0 Å². The molecule has 0 saturated carbocycles. The van der Waals surface area contributed by atoms with Gasteiger partial charge in [0.1, 0.15) is 5.60 Å². The number of carbonyl (C=O) groups excluding carboxylic acids is 1. The summed E-state index contributed by atoms with van der Waals surface area (Å²) in [7, 11) is -3.53. The fourth-order valence-corrected chi connectivity index (χ4v) is 5.05. The van der Waals surface area contributed by atoms with Crippen molar-refractivity contribution < 1.29 is 17.9 Å². The van der Waals surface area contributed by atoms with Gasteiger partial charge in [-0.25, -0.2) is 17.5 Å². The lowest BCUT2D eigenvalue weighted by molar-refractivity contribution is 0.0513. The fourth-order valence-electron chi connectivity index (χ4n) is 2.93. The zero-order valence-corrected chi connectivity index (χ0v) is 18.1. The van der Waals surface area contributed by atoms with E-state index in [0.717, 1.165) is 12.8 Å². The van der Waals surface area contributed by atoms with Crippen molar-refractivity contribution >= 4 is 39.3 Å². The molecule has 1 heterocycles. The quantitative estimate of drug-likeness (QED) is 0.754. The summed E-state index contributed by atoms with van der Waals surface area (Å²) in [5.41, 5.74) is -0.0828. The minimum atomic E-state index is -3.53. The molecule has 152 valence electrons. The van der Waals surface area contributed by atoms with Gasteiger partial charge in [0.2, 0.25) is 10.0 Å². The number of alkyl carbamates (subject to hydrolysis) is 1. The summed E-state index contributed by atoms with van der Waals surface area (Å²) in [5, 5.41) is 3.55. The molecular weight excluding hydrogens is 411 g/mol. The molecule has 9 heteroatoms. The van der Waals surface area contributed by atoms with E-state index in [1.807, 2.05) is 0 Å². The van der Waals surface area contributed by atoms with Gasteiger partial charge in [0.25, 0.3) is 0 Å². The van der Waals surface area contributed by atoms with Crippen LogP contribution < -0.4 is 5.32 Å². The number of nitrogens with zero attached hydrogens (tertiary/aromatic N) is 1. The largest absolute Gasteiger partial charge is 0.444 e. The van der Waals surface area contributed by atoms with E-state index < -0.39 is 21.7 Å². The Bertz CT molecular complexity index is 778. The van der Waals surface area contributed by atoms with Crippen molar-refractivity contribution in [3.05, 3.63) is 33.8 Å². The number of hydrogen-bond acceptors (Lipinski definition) is 4. The summed E-state index contributed by atoms with van der Waals surface area (Å²) < 4.78 is 32.3. The molecule has 1 fully saturated rings. The van der Waals surface area contributed by atoms with Gasteiger partial charge in [-0.1, -0.05) is 23.2 Å². The number of amides is 1. The van der Waals surface area contributed by atoms with E-state index in [2.05, 4.69) is 5.32 Å². The minimum absolute atomic E-state index is 0.0378. The van der Waals surface area contributed by atoms with Crippen LogP contribution in [0.25, 0.3) is 0 Å². The second-order valence-electron chi connectivity index (χ2n) is 7.74. The van der Waals surface area contributed by atoms with Crippen LogP contribution in [-0.2, 0) is 20.5 Å². The summed E-state index contributed by atoms with van der Waals surface area (Å²) in [6, 6.07) is 4.80. The van der Waals surface area contributed by atoms with Crippen molar-refractivity contribution in [2.24, 2.45) is 5.92 Å². The van der Waals surface area contributed by atoms with Gasteiger partial charge in [-0.05, 0) is 63.3 Å². The molecular formula is C18H26Cl2N2O4S. The van der Waals surface area contributed by atoms with Crippen molar-refractivity contribution in [2.45, 2.75) is 45.0 Å². The van der Waals surface area contributed by atoms with Gasteiger partial charge >= 0.3 is 6.09 Å². The molecule has 1 aromatic rings. The Labute approximate surface area is 171 Å². The average molecular weight is 437 g/mol. The Morgan fingerprint density at radius 1 is 1.33 bits per heavy atom. The Morgan fingerprint density at radius 2 is 2.04 bits per heavy atom. The lowest BCUT2D eigenvalue weighted by atomic mass is 10.00. The van der Waals surface area contributed by atoms with Gasteiger partial charge in [0.05, 0.1) is 5.75 Å². The van der Waals surface area contributed by atoms with E-state index in [1.165, 1.54) is 4.31 Å². The molecule has 1 N–H and O–H groups in total. The molecule has 1 atom stereocenters. The van der Waals surface area contributed by atoms with Gasteiger partial charge in [0.15, 0.2) is 0 Å². The highest BCUT2D eigenvalue weighted by molar-refractivity contribution is 7.88. The van der Waals surface area contributed by atoms with Crippen LogP contribution in [-0.4, -0.2) is 44.1 Å². The summed E-state index contributed by atoms with van der Waals surface area (Å²) in [6.45, 7) is 6.58. The smallest absolute Gasteiger partial charge is 0.407 e. The topological polar surface area (TPSA) is 75.7 Å². The van der Waals surface area contributed by atoms with E-state index in [4.69, 9.17) is 27.9 Å². The van der Waals surface area contributed by atoms with Crippen LogP contribution in [0.15, 0.2) is 18.2 Å². The number of piperidine rings is 1. The summed E-state index contributed by atoms with van der Waals surface area (Å²) in [6.07, 6.45) is 1.09. The number of carbonyl (C=O) groups is 1. The highest BCUT2D eigenvalue weighted by Crippen LogP contribution is 2.26. The van der Waals surface area contributed by atoms with E-state index in [-0.39, 0.29) is 11.7 Å². The number of hydrogen-bond donors (Lipinski definition) is 1. The molecule has 1 saturated heterocycles. The first-order chi connectivity index (χ1) is 12.5. The zero-order valence-electron chi connectivity index (χ0n) is 15.8. The molecule has 0 aliphatic carbocycles. The second kappa shape index (κ2) is 8.99. The molecule has 1 amide bonds. The normalized spacial score (nSPS) is 18.9. The fraction of sp³-hybridized carbons (Fsp3) is 0.611. The molecule has 1 aliphatic rings. The van der Waals surface area contributed by atoms with Gasteiger partial charge in [0, 0.05) is 29.7 Å². The first-order valence-corrected chi connectivity index (χ1v) is 11.2. The van der Waals surface area contributed by atoms with Gasteiger partial charge in [-0.3, -0.25) is 0 Å². The molecule has 0 spiro atoms. The Balaban J connectivity index is 1.96. The maximum Gasteiger partial charge on any atom is 0.407 e. The minimum Gasteiger partial charge on any atom is -0.444 e. The first-order valence-electron chi connectivity index (χ1n) is 8.85. The summed E-state index contributed by atoms with van der Waals surface area (Å²) >= 11 is 12.1. The van der Waals surface area contributed by atoms with Crippen LogP contribution in [0.2, 0.25) is 10.0 Å². The van der Waals surface area contributed by atoms with Crippen molar-refractivity contribution in [1.82, 2.24) is 9.62 Å². The number of ether oxygens (including phenoxy) is 1. The number of halogens is 2. The first kappa shape index (κ1) is 22.3. The van der Waals surface area contributed by atoms with E-state index in [0.29, 0.717) is 35.2 Å². The SMILES string of the molecule is CC(C)(C)OC(=O)NC[C@H]1CCCN(S(=O)(=O)Cc2cc(Cl)ccc2Cl)C1. The number of nitrogens with one attached hydrogen (secondary N) is 1. The average Bonchev–Trinajstić information content (AvgIpc) is 2.55. The van der Waals surface area contributed by atoms with Gasteiger partial charge in [-0.2, -0.15) is 0 Å². The summed E-state index contributed by atoms with van der Waals surface area (Å²) in [4.78, 5) is 11.8. The van der Waals surface area contributed by atoms with Crippen LogP contribution in [0.4, 0.5) is 4.79 Å². The van der Waals surface area contributed by atoms with Crippen molar-refractivity contribution in [3.8, 4) is 0 Å². The third-order valence-electron chi connectivity index (χ3n) is 4.15. The molecule has 0 bridgehead atoms. The molecule has 0 radical (unpaired) electrons. The number of rotatable bonds is 5. The molecule has 2 rings (SSSR count). The van der Waals surface area contributed by atoms with E-state index in [9.17, 15) is 13.2 Å². The molecule has 1 aromatic carbocycles. The summed E-state index contributed by atoms with van der Waals surface area (Å²) in [5.74, 6) is -0.158. The molecule has 27 heavy (non-hydrogen) atoms. The van der Waals surface area contributed by atoms with Crippen molar-refractivity contribution in [3.63, 3.8) is 0 Å². The maximum atomic E-state index is 12.8. The monoisotopic (exact) mass is 436 g/mol. The molecule has 6 nitrogen and oxygen atoms in total. The molecule has 1 aliphatic heterocycles. The number of sulfonamides is 1. The van der Waals surface area contributed by atoms with Crippen LogP contribution in [0.5, 0.6) is 0 Å². The Hall–Kier alpha value is -1.02. The Kier molecular flexibility index (Phi) is 7.41. The number of benzene rings is 1. The highest BCUT2D eigenvalue weighted by atomic mass is 35.5. The van der Waals surface area contributed by atoms with Crippen LogP contribution in [0, 0.1) is 5.92 Å². The van der Waals surface area contributed by atoms with Gasteiger partial charge < -0.3 is 10.1 Å². The third-order valence-corrected chi connectivity index (χ3v) is 6.55. The molecule has 0 unspecified atom stereocenters. The lowest BCUT2D eigenvalue weighted by Crippen LogP contribution is -2.44. The van der Waals surface area contributed by atoms with Crippen molar-refractivity contribution in [2.75, 3.05) is 19.6 Å². The second-order valence-corrected chi connectivity index (χ2v) is 10.6. The van der Waals surface area contributed by atoms with Crippen LogP contribution in [0.1, 0.15) is 39.2 Å². The predicted octanol–water partition coefficient (Wildman–Crippen LogP) is 4.06. The standard InChI is InChI=1S/C18H26Cl2N2O4S/c1-18(2,3)26-17(23)21-10-13-5-4-8-22(11-13)27(24,25)12-14-9-15(19)6-7-16(14)20/h6-7,9,13H,4-5,8,10-12H2,1-3H3,(H,21,23)/t13-/m1/s1. The maximum absolute atomic E-state index is 12.8. The zero-order chi connectivity index (χ0) is 20.2. The third kappa shape index (κ3) is 7.14. The van der Waals surface area contributed by atoms with E-state index >= 15 is 0 Å². The lowest BCUT2D eigenvalue weighted by Gasteiger charge is -2.32. The van der Waals surface area contributed by atoms with E-state index in [1.54, 1.807) is 39.0 Å². The molecule has 0 aromatic heterocycles. The highest BCUT2D eigenvalue weighted by Gasteiger charge is 2.30. The van der Waals surface area contributed by atoms with Crippen molar-refractivity contribution in [1.29, 1.82) is 0 Å².